The van der Waals surface area contributed by atoms with Crippen LogP contribution in [0.5, 0.6) is 0 Å². The summed E-state index contributed by atoms with van der Waals surface area (Å²) in [5, 5.41) is 2.57. The molecule has 2 aliphatic carbocycles. The van der Waals surface area contributed by atoms with Crippen LogP contribution < -0.4 is 4.90 Å². The zero-order valence-corrected chi connectivity index (χ0v) is 33.5. The number of anilines is 3. The van der Waals surface area contributed by atoms with Gasteiger partial charge in [0.1, 0.15) is 0 Å². The highest BCUT2D eigenvalue weighted by Gasteiger charge is 2.47. The third-order valence-electron chi connectivity index (χ3n) is 13.2. The molecule has 59 heavy (non-hydrogen) atoms. The molecule has 0 bridgehead atoms. The maximum Gasteiger partial charge on any atom is 0.0713 e. The van der Waals surface area contributed by atoms with E-state index in [9.17, 15) is 0 Å². The first-order valence-corrected chi connectivity index (χ1v) is 21.3. The molecule has 1 nitrogen and oxygen atoms in total. The van der Waals surface area contributed by atoms with Crippen LogP contribution in [0, 0.1) is 0 Å². The number of thiophene rings is 1. The van der Waals surface area contributed by atoms with Crippen molar-refractivity contribution in [2.45, 2.75) is 17.8 Å². The lowest BCUT2D eigenvalue weighted by Crippen LogP contribution is -2.28. The average Bonchev–Trinajstić information content (AvgIpc) is 3.93. The largest absolute Gasteiger partial charge is 0.309 e. The Labute approximate surface area is 349 Å². The topological polar surface area (TPSA) is 3.24 Å². The van der Waals surface area contributed by atoms with Gasteiger partial charge in [0.15, 0.2) is 0 Å². The molecule has 0 fully saturated rings. The molecule has 10 aromatic rings. The molecule has 2 heteroatoms. The van der Waals surface area contributed by atoms with Crippen LogP contribution in [-0.4, -0.2) is 0 Å². The summed E-state index contributed by atoms with van der Waals surface area (Å²) in [5.41, 5.74) is 17.0. The second kappa shape index (κ2) is 13.0. The average molecular weight is 770 g/mol. The molecule has 1 aromatic heterocycles. The first kappa shape index (κ1) is 34.1. The van der Waals surface area contributed by atoms with E-state index in [1.807, 2.05) is 11.3 Å². The Morgan fingerprint density at radius 2 is 0.932 bits per heavy atom. The van der Waals surface area contributed by atoms with Gasteiger partial charge in [0, 0.05) is 36.8 Å². The minimum Gasteiger partial charge on any atom is -0.309 e. The van der Waals surface area contributed by atoms with E-state index >= 15 is 0 Å². The highest BCUT2D eigenvalue weighted by Crippen LogP contribution is 2.60. The Bertz CT molecular complexity index is 3200. The second-order valence-corrected chi connectivity index (χ2v) is 17.2. The van der Waals surface area contributed by atoms with Crippen molar-refractivity contribution in [2.24, 2.45) is 0 Å². The van der Waals surface area contributed by atoms with Crippen molar-refractivity contribution in [3.63, 3.8) is 0 Å². The van der Waals surface area contributed by atoms with Gasteiger partial charge < -0.3 is 4.90 Å². The molecule has 0 radical (unpaired) electrons. The van der Waals surface area contributed by atoms with Gasteiger partial charge in [0.05, 0.1) is 16.8 Å². The molecular weight excluding hydrogens is 731 g/mol. The smallest absolute Gasteiger partial charge is 0.0713 e. The third-order valence-corrected chi connectivity index (χ3v) is 14.4. The lowest BCUT2D eigenvalue weighted by Gasteiger charge is -2.34. The van der Waals surface area contributed by atoms with E-state index < -0.39 is 5.41 Å². The van der Waals surface area contributed by atoms with Gasteiger partial charge in [-0.1, -0.05) is 182 Å². The zero-order chi connectivity index (χ0) is 39.1. The van der Waals surface area contributed by atoms with Crippen LogP contribution in [0.3, 0.4) is 0 Å². The van der Waals surface area contributed by atoms with Crippen LogP contribution in [0.1, 0.15) is 45.9 Å². The number of benzene rings is 9. The normalized spacial score (nSPS) is 15.7. The highest BCUT2D eigenvalue weighted by atomic mass is 32.1. The molecule has 0 spiro atoms. The molecule has 2 aliphatic rings. The van der Waals surface area contributed by atoms with Crippen molar-refractivity contribution >= 4 is 48.6 Å². The maximum absolute atomic E-state index is 2.57. The van der Waals surface area contributed by atoms with Gasteiger partial charge in [0.25, 0.3) is 0 Å². The SMILES string of the molecule is CC1(c2ccccc2)c2ccccc2-c2c(N(c3ccc4c(c3)-c3ccccc3C4(c3ccccc3)c3ccccc3)c3cccc4sc5ccccc5c34)cccc21. The van der Waals surface area contributed by atoms with Crippen molar-refractivity contribution in [1.29, 1.82) is 0 Å². The number of hydrogen-bond donors (Lipinski definition) is 0. The van der Waals surface area contributed by atoms with E-state index in [1.165, 1.54) is 92.7 Å². The minimum absolute atomic E-state index is 0.322. The van der Waals surface area contributed by atoms with E-state index in [-0.39, 0.29) is 5.41 Å². The van der Waals surface area contributed by atoms with E-state index in [0.29, 0.717) is 0 Å². The molecule has 12 rings (SSSR count). The van der Waals surface area contributed by atoms with E-state index in [1.54, 1.807) is 0 Å². The minimum atomic E-state index is -0.466. The van der Waals surface area contributed by atoms with Crippen molar-refractivity contribution in [3.05, 3.63) is 257 Å². The molecule has 1 atom stereocenters. The van der Waals surface area contributed by atoms with Gasteiger partial charge in [-0.3, -0.25) is 0 Å². The van der Waals surface area contributed by atoms with Crippen LogP contribution in [0.4, 0.5) is 17.1 Å². The molecule has 0 N–H and O–H groups in total. The molecule has 0 saturated heterocycles. The van der Waals surface area contributed by atoms with E-state index in [2.05, 4.69) is 230 Å². The van der Waals surface area contributed by atoms with Crippen molar-refractivity contribution in [3.8, 4) is 22.3 Å². The summed E-state index contributed by atoms with van der Waals surface area (Å²) in [6.07, 6.45) is 0. The monoisotopic (exact) mass is 769 g/mol. The molecular formula is C57H39NS. The summed E-state index contributed by atoms with van der Waals surface area (Å²) >= 11 is 1.87. The summed E-state index contributed by atoms with van der Waals surface area (Å²) in [4.78, 5) is 2.57. The Hall–Kier alpha value is -7.00. The van der Waals surface area contributed by atoms with Crippen molar-refractivity contribution in [1.82, 2.24) is 0 Å². The van der Waals surface area contributed by atoms with Crippen LogP contribution in [-0.2, 0) is 10.8 Å². The number of fused-ring (bicyclic) bond motifs is 9. The quantitative estimate of drug-likeness (QED) is 0.163. The van der Waals surface area contributed by atoms with Crippen molar-refractivity contribution in [2.75, 3.05) is 4.90 Å². The Morgan fingerprint density at radius 1 is 0.390 bits per heavy atom. The lowest BCUT2D eigenvalue weighted by molar-refractivity contribution is 0.714. The third kappa shape index (κ3) is 4.72. The predicted octanol–water partition coefficient (Wildman–Crippen LogP) is 15.2. The molecule has 0 aliphatic heterocycles. The van der Waals surface area contributed by atoms with Gasteiger partial charge in [-0.15, -0.1) is 11.3 Å². The van der Waals surface area contributed by atoms with Crippen molar-refractivity contribution < 1.29 is 0 Å². The fourth-order valence-electron chi connectivity index (χ4n) is 10.7. The van der Waals surface area contributed by atoms with Gasteiger partial charge in [-0.25, -0.2) is 0 Å². The standard InChI is InChI=1S/C57H39NS/c1-56(38-19-5-2-6-20-38)46-28-14-12-26-43(46)54-49(56)30-17-31-50(54)58(51-32-18-34-53-55(51)44-27-13-16-33-52(44)59-53)41-35-36-48-45(37-41)42-25-11-15-29-47(42)57(48,39-21-7-3-8-22-39)40-23-9-4-10-24-40/h2-37H,1H3. The van der Waals surface area contributed by atoms with Gasteiger partial charge in [0.2, 0.25) is 0 Å². The number of nitrogens with zero attached hydrogens (tertiary/aromatic N) is 1. The van der Waals surface area contributed by atoms with Crippen LogP contribution in [0.15, 0.2) is 218 Å². The summed E-state index contributed by atoms with van der Waals surface area (Å²) in [6, 6.07) is 81.4. The Kier molecular flexibility index (Phi) is 7.51. The van der Waals surface area contributed by atoms with E-state index in [0.717, 1.165) is 5.69 Å². The predicted molar refractivity (Wildman–Crippen MR) is 249 cm³/mol. The fraction of sp³-hybridized carbons (Fsp3) is 0.0526. The Balaban J connectivity index is 1.18. The lowest BCUT2D eigenvalue weighted by atomic mass is 9.68. The van der Waals surface area contributed by atoms with Crippen LogP contribution in [0.2, 0.25) is 0 Å². The van der Waals surface area contributed by atoms with E-state index in [4.69, 9.17) is 0 Å². The molecule has 278 valence electrons. The summed E-state index contributed by atoms with van der Waals surface area (Å²) in [6.45, 7) is 2.41. The fourth-order valence-corrected chi connectivity index (χ4v) is 11.8. The maximum atomic E-state index is 2.57. The first-order chi connectivity index (χ1) is 29.2. The van der Waals surface area contributed by atoms with Gasteiger partial charge in [-0.05, 0) is 99.0 Å². The molecule has 1 heterocycles. The van der Waals surface area contributed by atoms with Crippen LogP contribution >= 0.6 is 11.3 Å². The van der Waals surface area contributed by atoms with Gasteiger partial charge >= 0.3 is 0 Å². The summed E-state index contributed by atoms with van der Waals surface area (Å²) in [7, 11) is 0. The summed E-state index contributed by atoms with van der Waals surface area (Å²) < 4.78 is 2.59. The van der Waals surface area contributed by atoms with Crippen LogP contribution in [0.25, 0.3) is 42.4 Å². The zero-order valence-electron chi connectivity index (χ0n) is 32.6. The molecule has 0 amide bonds. The highest BCUT2D eigenvalue weighted by molar-refractivity contribution is 7.26. The second-order valence-electron chi connectivity index (χ2n) is 16.1. The molecule has 1 unspecified atom stereocenters. The molecule has 0 saturated carbocycles. The first-order valence-electron chi connectivity index (χ1n) is 20.5. The number of hydrogen-bond acceptors (Lipinski definition) is 2. The van der Waals surface area contributed by atoms with Gasteiger partial charge in [-0.2, -0.15) is 0 Å². The Morgan fingerprint density at radius 3 is 1.68 bits per heavy atom. The summed E-state index contributed by atoms with van der Waals surface area (Å²) in [5.74, 6) is 0. The number of rotatable bonds is 6. The molecule has 9 aromatic carbocycles.